The predicted molar refractivity (Wildman–Crippen MR) is 80.1 cm³/mol. The van der Waals surface area contributed by atoms with Crippen molar-refractivity contribution in [3.05, 3.63) is 29.3 Å². The molecule has 0 amide bonds. The molecule has 3 rings (SSSR count). The first kappa shape index (κ1) is 15.0. The van der Waals surface area contributed by atoms with Crippen LogP contribution in [0.25, 0.3) is 0 Å². The Morgan fingerprint density at radius 1 is 1.29 bits per heavy atom. The average Bonchev–Trinajstić information content (AvgIpc) is 2.73. The Morgan fingerprint density at radius 3 is 2.48 bits per heavy atom. The average molecular weight is 310 g/mol. The summed E-state index contributed by atoms with van der Waals surface area (Å²) in [6.45, 7) is 2.14. The first-order valence-corrected chi connectivity index (χ1v) is 8.88. The first-order chi connectivity index (χ1) is 9.93. The van der Waals surface area contributed by atoms with Gasteiger partial charge in [-0.2, -0.15) is 4.31 Å². The second-order valence-corrected chi connectivity index (χ2v) is 7.96. The number of piperidine rings is 1. The van der Waals surface area contributed by atoms with Crippen LogP contribution >= 0.6 is 0 Å². The Balaban J connectivity index is 2.02. The third-order valence-corrected chi connectivity index (χ3v) is 6.83. The normalized spacial score (nSPS) is 29.8. The maximum absolute atomic E-state index is 13.0. The highest BCUT2D eigenvalue weighted by Crippen LogP contribution is 2.40. The van der Waals surface area contributed by atoms with Gasteiger partial charge in [0, 0.05) is 18.6 Å². The number of sulfonamides is 1. The lowest BCUT2D eigenvalue weighted by Crippen LogP contribution is -2.48. The molecule has 6 heteroatoms. The van der Waals surface area contributed by atoms with Gasteiger partial charge in [0.15, 0.2) is 0 Å². The summed E-state index contributed by atoms with van der Waals surface area (Å²) in [5.41, 5.74) is 7.20. The summed E-state index contributed by atoms with van der Waals surface area (Å²) in [5, 5.41) is 9.84. The van der Waals surface area contributed by atoms with Crippen LogP contribution in [-0.2, 0) is 16.6 Å². The van der Waals surface area contributed by atoms with E-state index in [4.69, 9.17) is 5.73 Å². The van der Waals surface area contributed by atoms with Gasteiger partial charge in [-0.3, -0.25) is 0 Å². The van der Waals surface area contributed by atoms with Gasteiger partial charge >= 0.3 is 0 Å². The van der Waals surface area contributed by atoms with Gasteiger partial charge in [-0.25, -0.2) is 8.42 Å². The molecule has 2 unspecified atom stereocenters. The van der Waals surface area contributed by atoms with Crippen LogP contribution < -0.4 is 5.73 Å². The van der Waals surface area contributed by atoms with E-state index in [0.717, 1.165) is 24.0 Å². The topological polar surface area (TPSA) is 83.6 Å². The number of hydrogen-bond donors (Lipinski definition) is 2. The lowest BCUT2D eigenvalue weighted by Gasteiger charge is -2.36. The van der Waals surface area contributed by atoms with E-state index in [1.807, 2.05) is 19.1 Å². The van der Waals surface area contributed by atoms with E-state index in [-0.39, 0.29) is 18.2 Å². The molecule has 2 saturated heterocycles. The van der Waals surface area contributed by atoms with E-state index in [2.05, 4.69) is 0 Å². The van der Waals surface area contributed by atoms with Crippen molar-refractivity contribution >= 4 is 10.0 Å². The fourth-order valence-corrected chi connectivity index (χ4v) is 5.83. The number of nitrogens with zero attached hydrogens (tertiary/aromatic N) is 1. The number of rotatable bonds is 3. The molecule has 2 bridgehead atoms. The van der Waals surface area contributed by atoms with Gasteiger partial charge in [-0.15, -0.1) is 0 Å². The number of aryl methyl sites for hydroxylation is 1. The van der Waals surface area contributed by atoms with Crippen LogP contribution in [0.3, 0.4) is 0 Å². The van der Waals surface area contributed by atoms with E-state index < -0.39 is 10.0 Å². The third kappa shape index (κ3) is 2.50. The van der Waals surface area contributed by atoms with Crippen LogP contribution in [0, 0.1) is 6.92 Å². The van der Waals surface area contributed by atoms with E-state index in [9.17, 15) is 13.5 Å². The van der Waals surface area contributed by atoms with Crippen LogP contribution in [0.4, 0.5) is 0 Å². The van der Waals surface area contributed by atoms with Crippen LogP contribution in [0.1, 0.15) is 36.8 Å². The minimum atomic E-state index is -3.52. The van der Waals surface area contributed by atoms with E-state index in [1.54, 1.807) is 10.4 Å². The van der Waals surface area contributed by atoms with Crippen LogP contribution in [0.2, 0.25) is 0 Å². The summed E-state index contributed by atoms with van der Waals surface area (Å²) < 4.78 is 27.7. The summed E-state index contributed by atoms with van der Waals surface area (Å²) in [4.78, 5) is 0.360. The van der Waals surface area contributed by atoms with E-state index in [0.29, 0.717) is 24.3 Å². The fourth-order valence-electron chi connectivity index (χ4n) is 3.66. The van der Waals surface area contributed by atoms with E-state index in [1.165, 1.54) is 0 Å². The summed E-state index contributed by atoms with van der Waals surface area (Å²) in [7, 11) is -3.52. The molecule has 2 fully saturated rings. The lowest BCUT2D eigenvalue weighted by molar-refractivity contribution is 0.0768. The summed E-state index contributed by atoms with van der Waals surface area (Å²) in [5.74, 6) is 0. The van der Waals surface area contributed by atoms with Crippen LogP contribution in [0.5, 0.6) is 0 Å². The van der Waals surface area contributed by atoms with Crippen molar-refractivity contribution < 1.29 is 13.5 Å². The van der Waals surface area contributed by atoms with Gasteiger partial charge in [0.2, 0.25) is 10.0 Å². The molecule has 0 saturated carbocycles. The minimum Gasteiger partial charge on any atom is -0.393 e. The summed E-state index contributed by atoms with van der Waals surface area (Å²) in [6.07, 6.45) is 2.41. The molecule has 5 nitrogen and oxygen atoms in total. The molecular formula is C15H22N2O3S. The van der Waals surface area contributed by atoms with Gasteiger partial charge in [-0.1, -0.05) is 12.1 Å². The Labute approximate surface area is 125 Å². The quantitative estimate of drug-likeness (QED) is 0.876. The predicted octanol–water partition coefficient (Wildman–Crippen LogP) is 1.13. The number of hydrogen-bond acceptors (Lipinski definition) is 4. The third-order valence-electron chi connectivity index (χ3n) is 4.68. The molecule has 0 aliphatic carbocycles. The highest BCUT2D eigenvalue weighted by atomic mass is 32.2. The Hall–Kier alpha value is -0.950. The van der Waals surface area contributed by atoms with Crippen molar-refractivity contribution in [3.63, 3.8) is 0 Å². The molecule has 2 heterocycles. The van der Waals surface area contributed by atoms with Crippen molar-refractivity contribution in [1.29, 1.82) is 0 Å². The smallest absolute Gasteiger partial charge is 0.243 e. The molecule has 0 spiro atoms. The van der Waals surface area contributed by atoms with Crippen molar-refractivity contribution in [2.24, 2.45) is 5.73 Å². The Bertz CT molecular complexity index is 630. The zero-order valence-electron chi connectivity index (χ0n) is 12.2. The SMILES string of the molecule is Cc1ccc(CN)cc1S(=O)(=O)N1C2CCC1CC(O)C2. The first-order valence-electron chi connectivity index (χ1n) is 7.44. The number of aliphatic hydroxyl groups excluding tert-OH is 1. The number of benzene rings is 1. The zero-order chi connectivity index (χ0) is 15.2. The standard InChI is InChI=1S/C15H22N2O3S/c1-10-2-3-11(9-16)6-15(10)21(19,20)17-12-4-5-13(17)8-14(18)7-12/h2-3,6,12-14,18H,4-5,7-9,16H2,1H3. The minimum absolute atomic E-state index is 0.0651. The van der Waals surface area contributed by atoms with E-state index >= 15 is 0 Å². The second kappa shape index (κ2) is 5.35. The largest absolute Gasteiger partial charge is 0.393 e. The highest BCUT2D eigenvalue weighted by Gasteiger charge is 2.47. The highest BCUT2D eigenvalue weighted by molar-refractivity contribution is 7.89. The summed E-state index contributed by atoms with van der Waals surface area (Å²) in [6, 6.07) is 5.24. The van der Waals surface area contributed by atoms with Crippen LogP contribution in [-0.4, -0.2) is 36.0 Å². The number of nitrogens with two attached hydrogens (primary N) is 1. The maximum Gasteiger partial charge on any atom is 0.243 e. The molecule has 2 aliphatic heterocycles. The van der Waals surface area contributed by atoms with Crippen molar-refractivity contribution in [1.82, 2.24) is 4.31 Å². The molecule has 0 aromatic heterocycles. The van der Waals surface area contributed by atoms with Gasteiger partial charge < -0.3 is 10.8 Å². The molecule has 21 heavy (non-hydrogen) atoms. The number of fused-ring (bicyclic) bond motifs is 2. The lowest BCUT2D eigenvalue weighted by atomic mass is 10.0. The fraction of sp³-hybridized carbons (Fsp3) is 0.600. The molecule has 2 aliphatic rings. The monoisotopic (exact) mass is 310 g/mol. The maximum atomic E-state index is 13.0. The van der Waals surface area contributed by atoms with Gasteiger partial charge in [0.1, 0.15) is 0 Å². The molecule has 116 valence electrons. The zero-order valence-corrected chi connectivity index (χ0v) is 13.0. The van der Waals surface area contributed by atoms with Gasteiger partial charge in [-0.05, 0) is 49.8 Å². The molecular weight excluding hydrogens is 288 g/mol. The van der Waals surface area contributed by atoms with Crippen molar-refractivity contribution in [2.75, 3.05) is 0 Å². The molecule has 1 aromatic carbocycles. The Kier molecular flexibility index (Phi) is 3.81. The van der Waals surface area contributed by atoms with Gasteiger partial charge in [0.25, 0.3) is 0 Å². The Morgan fingerprint density at radius 2 is 1.90 bits per heavy atom. The molecule has 2 atom stereocenters. The van der Waals surface area contributed by atoms with Crippen LogP contribution in [0.15, 0.2) is 23.1 Å². The molecule has 3 N–H and O–H groups in total. The second-order valence-electron chi connectivity index (χ2n) is 6.15. The van der Waals surface area contributed by atoms with Crippen molar-refractivity contribution in [2.45, 2.75) is 62.2 Å². The molecule has 0 radical (unpaired) electrons. The summed E-state index contributed by atoms with van der Waals surface area (Å²) >= 11 is 0. The van der Waals surface area contributed by atoms with Crippen molar-refractivity contribution in [3.8, 4) is 0 Å². The van der Waals surface area contributed by atoms with Gasteiger partial charge in [0.05, 0.1) is 11.0 Å². The number of aliphatic hydroxyl groups is 1. The molecule has 1 aromatic rings.